The maximum Gasteiger partial charge on any atom is 0.326 e. The zero-order chi connectivity index (χ0) is 86.5. The lowest BCUT2D eigenvalue weighted by atomic mass is 10.0. The molecule has 0 spiro atoms. The number of carbonyl (C=O) groups excluding carboxylic acids is 14. The van der Waals surface area contributed by atoms with Gasteiger partial charge in [-0.05, 0) is 85.4 Å². The van der Waals surface area contributed by atoms with Crippen LogP contribution in [0.15, 0.2) is 85.2 Å². The van der Waals surface area contributed by atoms with E-state index < -0.39 is 249 Å². The Morgan fingerprint density at radius 2 is 0.915 bits per heavy atom. The Balaban J connectivity index is 1.07. The normalized spacial score (nSPS) is 15.6. The molecular weight excluding hydrogens is 1570 g/mol. The van der Waals surface area contributed by atoms with Crippen molar-refractivity contribution < 1.29 is 112 Å². The van der Waals surface area contributed by atoms with Gasteiger partial charge in [-0.15, -0.1) is 0 Å². The number of nitrogens with two attached hydrogens (primary N) is 1. The number of hydrogen-bond acceptors (Lipinski definition) is 23. The molecule has 1 fully saturated rings. The maximum atomic E-state index is 14.6. The molecule has 5 aromatic rings. The molecule has 0 radical (unpaired) electrons. The summed E-state index contributed by atoms with van der Waals surface area (Å²) in [5.74, 6) is -20.3. The highest BCUT2D eigenvalue weighted by molar-refractivity contribution is 7.80. The lowest BCUT2D eigenvalue weighted by molar-refractivity contribution is -0.144. The molecule has 3 heterocycles. The van der Waals surface area contributed by atoms with E-state index in [9.17, 15) is 112 Å². The summed E-state index contributed by atoms with van der Waals surface area (Å²) in [4.78, 5) is 237. The third-order valence-corrected chi connectivity index (χ3v) is 19.6. The molecule has 0 unspecified atom stereocenters. The number of para-hydroxylation sites is 2. The van der Waals surface area contributed by atoms with Gasteiger partial charge in [-0.25, -0.2) is 4.79 Å². The standard InChI is InChI=1S/C75H101N17O23S2/c1-36(2)61(72(111)83-49(21-23-60(101)102)67(106)88-54(35-117)69(108)85-51(26-40-28-77-46-13-8-6-11-43(40)46)68(107)91-63(38(5)94)73(112)90-62(37(3)4)75(114)115)89-58(98)31-79-56(96)30-80-65(104)50(25-39-16-18-42(95)19-17-39)84-66(105)48(20-22-59(99)100)82-57(97)32-81-71(110)55-15-10-24-92(55)74(113)52(27-41-29-78-47-14-9-7-12-44(41)47)86-70(109)53(34-116)87-64(103)45(76)33-93/h6-9,11-14,16-19,28-29,36-38,45,48-55,61-63,77-78,93-95,116-117H,10,15,20-27,30-35,76H2,1-5H3,(H,79,96)(H,80,104)(H,81,110)(H,82,97)(H,83,111)(H,84,105)(H,85,108)(H,86,109)(H,87,103)(H,88,106)(H,89,98)(H,90,112)(H,91,107)(H,99,100)(H,101,102)(H,114,115)/t38-,45+,48+,49+,50+,51+,52+,53+,54+,55+,61+,62+,63+/m1/s1. The maximum absolute atomic E-state index is 14.6. The molecule has 14 amide bonds. The molecule has 1 aliphatic heterocycles. The molecule has 23 N–H and O–H groups in total. The summed E-state index contributed by atoms with van der Waals surface area (Å²) in [5.41, 5.74) is 8.42. The van der Waals surface area contributed by atoms with Crippen LogP contribution in [-0.4, -0.2) is 269 Å². The van der Waals surface area contributed by atoms with Crippen LogP contribution in [0.2, 0.25) is 0 Å². The van der Waals surface area contributed by atoms with E-state index in [0.717, 1.165) is 6.92 Å². The highest BCUT2D eigenvalue weighted by Gasteiger charge is 2.41. The summed E-state index contributed by atoms with van der Waals surface area (Å²) in [6.07, 6.45) is -1.33. The average Bonchev–Trinajstić information content (AvgIpc) is 1.69. The number of nitrogens with one attached hydrogen (secondary N) is 15. The number of aliphatic carboxylic acids is 3. The fourth-order valence-corrected chi connectivity index (χ4v) is 13.0. The number of aliphatic hydroxyl groups is 2. The van der Waals surface area contributed by atoms with Crippen molar-refractivity contribution in [2.45, 2.75) is 171 Å². The number of aromatic hydroxyl groups is 1. The minimum absolute atomic E-state index is 0.0242. The Morgan fingerprint density at radius 3 is 1.43 bits per heavy atom. The van der Waals surface area contributed by atoms with E-state index in [2.05, 4.69) is 104 Å². The first-order valence-corrected chi connectivity index (χ1v) is 38.6. The number of carboxylic acid groups (broad SMARTS) is 3. The van der Waals surface area contributed by atoms with Crippen LogP contribution in [0.5, 0.6) is 5.75 Å². The zero-order valence-corrected chi connectivity index (χ0v) is 66.4. The quantitative estimate of drug-likeness (QED) is 0.0163. The molecule has 13 atom stereocenters. The predicted octanol–water partition coefficient (Wildman–Crippen LogP) is -4.74. The number of hydrogen-bond donors (Lipinski definition) is 24. The fourth-order valence-electron chi connectivity index (χ4n) is 12.4. The number of phenolic OH excluding ortho intramolecular Hbond substituents is 1. The number of H-pyrrole nitrogens is 2. The molecule has 1 aliphatic rings. The molecule has 40 nitrogen and oxygen atoms in total. The van der Waals surface area contributed by atoms with Crippen molar-refractivity contribution in [3.05, 3.63) is 102 Å². The van der Waals surface area contributed by atoms with Crippen LogP contribution < -0.4 is 74.9 Å². The van der Waals surface area contributed by atoms with Gasteiger partial charge in [0.25, 0.3) is 0 Å². The van der Waals surface area contributed by atoms with E-state index in [1.54, 1.807) is 60.9 Å². The van der Waals surface area contributed by atoms with Crippen molar-refractivity contribution in [2.75, 3.05) is 44.3 Å². The molecule has 636 valence electrons. The lowest BCUT2D eigenvalue weighted by Crippen LogP contribution is -2.62. The van der Waals surface area contributed by atoms with Crippen LogP contribution in [0, 0.1) is 11.8 Å². The average molecular weight is 1670 g/mol. The van der Waals surface area contributed by atoms with Crippen LogP contribution in [0.25, 0.3) is 21.8 Å². The highest BCUT2D eigenvalue weighted by Crippen LogP contribution is 2.25. The Bertz CT molecular complexity index is 4410. The van der Waals surface area contributed by atoms with Gasteiger partial charge in [0.2, 0.25) is 82.7 Å². The number of carbonyl (C=O) groups is 17. The number of nitrogens with zero attached hydrogens (tertiary/aromatic N) is 1. The molecule has 0 aliphatic carbocycles. The Hall–Kier alpha value is -11.9. The number of aliphatic hydroxyl groups excluding tert-OH is 2. The molecule has 117 heavy (non-hydrogen) atoms. The second kappa shape index (κ2) is 45.4. The van der Waals surface area contributed by atoms with E-state index in [1.807, 2.05) is 0 Å². The number of phenols is 1. The second-order valence-electron chi connectivity index (χ2n) is 28.5. The van der Waals surface area contributed by atoms with Gasteiger partial charge in [-0.1, -0.05) is 76.2 Å². The van der Waals surface area contributed by atoms with Gasteiger partial charge in [0.15, 0.2) is 0 Å². The van der Waals surface area contributed by atoms with Gasteiger partial charge in [-0.2, -0.15) is 25.3 Å². The van der Waals surface area contributed by atoms with Crippen LogP contribution in [0.3, 0.4) is 0 Å². The summed E-state index contributed by atoms with van der Waals surface area (Å²) in [7, 11) is 0. The molecule has 3 aromatic carbocycles. The van der Waals surface area contributed by atoms with E-state index in [4.69, 9.17) is 5.73 Å². The minimum atomic E-state index is -1.75. The van der Waals surface area contributed by atoms with Gasteiger partial charge >= 0.3 is 17.9 Å². The molecule has 2 aromatic heterocycles. The number of likely N-dealkylation sites (tertiary alicyclic amines) is 1. The van der Waals surface area contributed by atoms with Gasteiger partial charge in [0.1, 0.15) is 78.3 Å². The van der Waals surface area contributed by atoms with E-state index in [-0.39, 0.29) is 43.7 Å². The Labute approximate surface area is 681 Å². The van der Waals surface area contributed by atoms with Crippen LogP contribution >= 0.6 is 25.3 Å². The monoisotopic (exact) mass is 1670 g/mol. The number of fused-ring (bicyclic) bond motifs is 2. The van der Waals surface area contributed by atoms with Crippen LogP contribution in [0.1, 0.15) is 89.8 Å². The summed E-state index contributed by atoms with van der Waals surface area (Å²) in [6.45, 7) is 3.91. The number of carboxylic acids is 3. The SMILES string of the molecule is CC(C)[C@H](NC(=O)[C@@H](NC(=O)[C@H](Cc1c[nH]c2ccccc12)NC(=O)[C@H](CS)NC(=O)[C@H](CCC(=O)O)NC(=O)[C@@H](NC(=O)CNC(=O)CNC(=O)[C@H](Cc1ccc(O)cc1)NC(=O)[C@H](CCC(=O)O)NC(=O)CNC(=O)[C@@H]1CCCN1C(=O)[C@H](Cc1c[nH]c2ccccc12)NC(=O)[C@H](CS)NC(=O)[C@@H](N)CO)C(C)C)[C@@H](C)O)C(=O)O. The molecule has 0 saturated carbocycles. The number of benzene rings is 3. The number of thiol groups is 2. The van der Waals surface area contributed by atoms with Gasteiger partial charge < -0.3 is 120 Å². The van der Waals surface area contributed by atoms with Gasteiger partial charge in [0.05, 0.1) is 32.3 Å². The third kappa shape index (κ3) is 28.5. The van der Waals surface area contributed by atoms with Crippen molar-refractivity contribution in [1.82, 2.24) is 84.0 Å². The largest absolute Gasteiger partial charge is 0.508 e. The van der Waals surface area contributed by atoms with Crippen LogP contribution in [0.4, 0.5) is 0 Å². The number of rotatable bonds is 46. The zero-order valence-electron chi connectivity index (χ0n) is 64.6. The predicted molar refractivity (Wildman–Crippen MR) is 424 cm³/mol. The van der Waals surface area contributed by atoms with Crippen LogP contribution in [-0.2, 0) is 101 Å². The molecule has 42 heteroatoms. The third-order valence-electron chi connectivity index (χ3n) is 18.9. The summed E-state index contributed by atoms with van der Waals surface area (Å²) < 4.78 is 0. The highest BCUT2D eigenvalue weighted by atomic mass is 32.1. The minimum Gasteiger partial charge on any atom is -0.508 e. The van der Waals surface area contributed by atoms with Crippen molar-refractivity contribution in [3.63, 3.8) is 0 Å². The molecular formula is C75H101N17O23S2. The number of aromatic amines is 2. The Morgan fingerprint density at radius 1 is 0.479 bits per heavy atom. The Kier molecular flexibility index (Phi) is 36.5. The number of aromatic nitrogens is 2. The van der Waals surface area contributed by atoms with E-state index in [1.165, 1.54) is 56.9 Å². The fraction of sp³-hybridized carbons (Fsp3) is 0.480. The molecule has 6 rings (SSSR count). The van der Waals surface area contributed by atoms with Crippen molar-refractivity contribution >= 4 is 148 Å². The van der Waals surface area contributed by atoms with Gasteiger partial charge in [-0.3, -0.25) is 76.7 Å². The first kappa shape index (κ1) is 94.0. The lowest BCUT2D eigenvalue weighted by Gasteiger charge is -2.30. The van der Waals surface area contributed by atoms with Crippen molar-refractivity contribution in [2.24, 2.45) is 17.6 Å². The smallest absolute Gasteiger partial charge is 0.326 e. The van der Waals surface area contributed by atoms with E-state index in [0.29, 0.717) is 44.9 Å². The first-order valence-electron chi connectivity index (χ1n) is 37.4. The van der Waals surface area contributed by atoms with Gasteiger partial charge in [0, 0.05) is 84.4 Å². The summed E-state index contributed by atoms with van der Waals surface area (Å²) >= 11 is 8.43. The first-order chi connectivity index (χ1) is 55.4. The molecule has 1 saturated heterocycles. The topological polar surface area (TPSA) is 629 Å². The molecule has 0 bridgehead atoms. The van der Waals surface area contributed by atoms with Crippen molar-refractivity contribution in [1.29, 1.82) is 0 Å². The summed E-state index contributed by atoms with van der Waals surface area (Å²) in [6, 6.07) is 1.16. The van der Waals surface area contributed by atoms with Crippen molar-refractivity contribution in [3.8, 4) is 5.75 Å². The summed E-state index contributed by atoms with van der Waals surface area (Å²) in [5, 5.41) is 91.8. The number of amides is 14. The second-order valence-corrected chi connectivity index (χ2v) is 29.2. The van der Waals surface area contributed by atoms with E-state index >= 15 is 0 Å².